The first kappa shape index (κ1) is 24.0. The van der Waals surface area contributed by atoms with Crippen LogP contribution in [-0.2, 0) is 11.3 Å². The van der Waals surface area contributed by atoms with Crippen LogP contribution in [0.2, 0.25) is 0 Å². The lowest BCUT2D eigenvalue weighted by atomic mass is 10.2. The van der Waals surface area contributed by atoms with Gasteiger partial charge in [-0.1, -0.05) is 49.7 Å². The Morgan fingerprint density at radius 2 is 2.00 bits per heavy atom. The molecular formula is C25H31N5O3S. The minimum Gasteiger partial charge on any atom is -0.383 e. The van der Waals surface area contributed by atoms with E-state index in [2.05, 4.69) is 21.3 Å². The maximum Gasteiger partial charge on any atom is 0.330 e. The Morgan fingerprint density at radius 3 is 2.71 bits per heavy atom. The second-order valence-corrected chi connectivity index (χ2v) is 9.59. The molecule has 1 saturated heterocycles. The number of nitrogens with zero attached hydrogens (tertiary/aromatic N) is 3. The van der Waals surface area contributed by atoms with Crippen molar-refractivity contribution in [2.24, 2.45) is 0 Å². The Morgan fingerprint density at radius 1 is 1.21 bits per heavy atom. The molecule has 1 amide bonds. The monoisotopic (exact) mass is 481 g/mol. The number of unbranched alkanes of at least 4 members (excludes halogenated alkanes) is 1. The molecule has 1 fully saturated rings. The largest absolute Gasteiger partial charge is 0.383 e. The Hall–Kier alpha value is -3.17. The molecule has 0 aliphatic carbocycles. The first-order valence-corrected chi connectivity index (χ1v) is 12.6. The number of thiophene rings is 1. The van der Waals surface area contributed by atoms with Crippen LogP contribution in [0.4, 0.5) is 11.5 Å². The van der Waals surface area contributed by atoms with E-state index in [0.717, 1.165) is 37.8 Å². The van der Waals surface area contributed by atoms with E-state index >= 15 is 0 Å². The molecule has 8 nitrogen and oxygen atoms in total. The fourth-order valence-corrected chi connectivity index (χ4v) is 5.41. The number of hydrogen-bond acceptors (Lipinski definition) is 6. The maximum atomic E-state index is 13.6. The fraction of sp³-hybridized carbons (Fsp3) is 0.400. The zero-order valence-corrected chi connectivity index (χ0v) is 20.2. The summed E-state index contributed by atoms with van der Waals surface area (Å²) in [7, 11) is 0. The quantitative estimate of drug-likeness (QED) is 0.488. The van der Waals surface area contributed by atoms with Crippen molar-refractivity contribution >= 4 is 28.7 Å². The minimum atomic E-state index is -0.632. The molecule has 0 radical (unpaired) electrons. The van der Waals surface area contributed by atoms with Crippen LogP contribution in [0.1, 0.15) is 49.1 Å². The van der Waals surface area contributed by atoms with E-state index in [1.807, 2.05) is 43.3 Å². The van der Waals surface area contributed by atoms with Crippen LogP contribution < -0.4 is 21.9 Å². The van der Waals surface area contributed by atoms with Gasteiger partial charge in [0.1, 0.15) is 5.82 Å². The summed E-state index contributed by atoms with van der Waals surface area (Å²) in [5.41, 5.74) is 6.10. The summed E-state index contributed by atoms with van der Waals surface area (Å²) in [6.45, 7) is 3.62. The zero-order valence-electron chi connectivity index (χ0n) is 19.4. The van der Waals surface area contributed by atoms with Gasteiger partial charge in [0, 0.05) is 17.5 Å². The van der Waals surface area contributed by atoms with Gasteiger partial charge in [-0.15, -0.1) is 11.3 Å². The topological polar surface area (TPSA) is 104 Å². The molecule has 4 rings (SSSR count). The second-order valence-electron chi connectivity index (χ2n) is 8.61. The summed E-state index contributed by atoms with van der Waals surface area (Å²) >= 11 is 1.70. The number of benzene rings is 1. The van der Waals surface area contributed by atoms with Gasteiger partial charge in [-0.3, -0.25) is 24.0 Å². The number of H-pyrrole nitrogens is 1. The Balaban J connectivity index is 1.65. The van der Waals surface area contributed by atoms with E-state index in [4.69, 9.17) is 5.73 Å². The number of hydrogen-bond donors (Lipinski definition) is 2. The van der Waals surface area contributed by atoms with E-state index in [-0.39, 0.29) is 36.5 Å². The predicted octanol–water partition coefficient (Wildman–Crippen LogP) is 3.20. The molecule has 3 aromatic rings. The van der Waals surface area contributed by atoms with Crippen molar-refractivity contribution in [1.29, 1.82) is 0 Å². The molecule has 0 saturated carbocycles. The number of anilines is 2. The third-order valence-corrected chi connectivity index (χ3v) is 7.25. The smallest absolute Gasteiger partial charge is 0.330 e. The van der Waals surface area contributed by atoms with Crippen molar-refractivity contribution in [1.82, 2.24) is 14.5 Å². The lowest BCUT2D eigenvalue weighted by Gasteiger charge is -2.29. The van der Waals surface area contributed by atoms with Gasteiger partial charge in [-0.2, -0.15) is 0 Å². The summed E-state index contributed by atoms with van der Waals surface area (Å²) in [5, 5.41) is 2.05. The van der Waals surface area contributed by atoms with Gasteiger partial charge >= 0.3 is 5.69 Å². The lowest BCUT2D eigenvalue weighted by molar-refractivity contribution is -0.120. The minimum absolute atomic E-state index is 0.0123. The number of carbonyl (C=O) groups excluding carboxylic acids is 1. The number of aromatic amines is 1. The van der Waals surface area contributed by atoms with E-state index in [9.17, 15) is 14.4 Å². The highest BCUT2D eigenvalue weighted by molar-refractivity contribution is 7.10. The van der Waals surface area contributed by atoms with Crippen LogP contribution in [0.3, 0.4) is 0 Å². The third-order valence-electron chi connectivity index (χ3n) is 6.28. The fourth-order valence-electron chi connectivity index (χ4n) is 4.52. The normalized spacial score (nSPS) is 16.1. The molecule has 1 aliphatic rings. The molecule has 3 N–H and O–H groups in total. The van der Waals surface area contributed by atoms with Crippen molar-refractivity contribution in [3.8, 4) is 0 Å². The number of rotatable bonds is 9. The summed E-state index contributed by atoms with van der Waals surface area (Å²) < 4.78 is 1.32. The van der Waals surface area contributed by atoms with Crippen molar-refractivity contribution in [3.63, 3.8) is 0 Å². The van der Waals surface area contributed by atoms with Crippen LogP contribution in [0.25, 0.3) is 0 Å². The highest BCUT2D eigenvalue weighted by Gasteiger charge is 2.31. The van der Waals surface area contributed by atoms with E-state index in [0.29, 0.717) is 6.54 Å². The van der Waals surface area contributed by atoms with Gasteiger partial charge in [0.2, 0.25) is 5.91 Å². The van der Waals surface area contributed by atoms with Gasteiger partial charge in [-0.25, -0.2) is 4.79 Å². The first-order valence-electron chi connectivity index (χ1n) is 11.7. The van der Waals surface area contributed by atoms with Crippen LogP contribution >= 0.6 is 11.3 Å². The number of nitrogens with two attached hydrogens (primary N) is 1. The number of nitrogen functional groups attached to an aromatic ring is 1. The predicted molar refractivity (Wildman–Crippen MR) is 136 cm³/mol. The number of likely N-dealkylation sites (tertiary alicyclic amines) is 1. The van der Waals surface area contributed by atoms with Crippen LogP contribution in [0, 0.1) is 0 Å². The summed E-state index contributed by atoms with van der Waals surface area (Å²) in [6, 6.07) is 13.8. The van der Waals surface area contributed by atoms with Crippen molar-refractivity contribution in [2.75, 3.05) is 30.3 Å². The lowest BCUT2D eigenvalue weighted by Crippen LogP contribution is -2.45. The van der Waals surface area contributed by atoms with Gasteiger partial charge in [0.15, 0.2) is 5.69 Å². The van der Waals surface area contributed by atoms with Crippen LogP contribution in [0.5, 0.6) is 0 Å². The SMILES string of the molecule is CCCCN(C(=O)CN1CCC[C@@H]1c1cccs1)c1c(N)n(Cc2ccccc2)c(=O)[nH]c1=O. The standard InChI is InChI=1S/C25H31N5O3S/c1-2-3-14-29(21(31)17-28-13-7-11-19(28)20-12-8-15-34-20)22-23(26)30(25(33)27-24(22)32)16-18-9-5-4-6-10-18/h4-6,8-10,12,15,19H,2-3,7,11,13-14,16-17,26H2,1H3,(H,27,32,33)/t19-/m1/s1. The molecular weight excluding hydrogens is 450 g/mol. The van der Waals surface area contributed by atoms with Gasteiger partial charge in [0.25, 0.3) is 5.56 Å². The number of carbonyl (C=O) groups is 1. The molecule has 1 atom stereocenters. The molecule has 34 heavy (non-hydrogen) atoms. The average Bonchev–Trinajstić information content (AvgIpc) is 3.51. The maximum absolute atomic E-state index is 13.6. The molecule has 1 aromatic carbocycles. The highest BCUT2D eigenvalue weighted by atomic mass is 32.1. The van der Waals surface area contributed by atoms with Crippen molar-refractivity contribution in [3.05, 3.63) is 79.1 Å². The number of aromatic nitrogens is 2. The highest BCUT2D eigenvalue weighted by Crippen LogP contribution is 2.34. The molecule has 9 heteroatoms. The molecule has 2 aromatic heterocycles. The Labute approximate surface area is 202 Å². The summed E-state index contributed by atoms with van der Waals surface area (Å²) in [4.78, 5) is 46.3. The average molecular weight is 482 g/mol. The van der Waals surface area contributed by atoms with Crippen LogP contribution in [0.15, 0.2) is 57.4 Å². The molecule has 0 bridgehead atoms. The van der Waals surface area contributed by atoms with E-state index < -0.39 is 11.2 Å². The third kappa shape index (κ3) is 5.15. The summed E-state index contributed by atoms with van der Waals surface area (Å²) in [5.74, 6) is -0.169. The van der Waals surface area contributed by atoms with E-state index in [1.165, 1.54) is 14.3 Å². The van der Waals surface area contributed by atoms with Gasteiger partial charge < -0.3 is 10.6 Å². The Kier molecular flexibility index (Phi) is 7.64. The van der Waals surface area contributed by atoms with Crippen molar-refractivity contribution in [2.45, 2.75) is 45.2 Å². The molecule has 180 valence electrons. The number of nitrogens with one attached hydrogen (secondary N) is 1. The molecule has 1 aliphatic heterocycles. The second kappa shape index (κ2) is 10.8. The van der Waals surface area contributed by atoms with Crippen LogP contribution in [-0.4, -0.2) is 40.0 Å². The Bertz CT molecular complexity index is 1220. The zero-order chi connectivity index (χ0) is 24.1. The molecule has 3 heterocycles. The first-order chi connectivity index (χ1) is 16.5. The number of amides is 1. The van der Waals surface area contributed by atoms with Gasteiger partial charge in [-0.05, 0) is 42.8 Å². The summed E-state index contributed by atoms with van der Waals surface area (Å²) in [6.07, 6.45) is 3.60. The molecule has 0 spiro atoms. The molecule has 0 unspecified atom stereocenters. The van der Waals surface area contributed by atoms with Crippen molar-refractivity contribution < 1.29 is 4.79 Å². The van der Waals surface area contributed by atoms with Gasteiger partial charge in [0.05, 0.1) is 13.1 Å². The van der Waals surface area contributed by atoms with E-state index in [1.54, 1.807) is 11.3 Å².